The summed E-state index contributed by atoms with van der Waals surface area (Å²) >= 11 is 11.9. The van der Waals surface area contributed by atoms with Crippen LogP contribution in [-0.2, 0) is 4.79 Å². The van der Waals surface area contributed by atoms with Crippen molar-refractivity contribution in [3.8, 4) is 5.75 Å². The fourth-order valence-electron chi connectivity index (χ4n) is 1.87. The Labute approximate surface area is 129 Å². The Bertz CT molecular complexity index is 447. The highest BCUT2D eigenvalue weighted by atomic mass is 35.5. The van der Waals surface area contributed by atoms with Gasteiger partial charge in [0.2, 0.25) is 0 Å². The number of carboxylic acid groups (broad SMARTS) is 1. The second-order valence-corrected chi connectivity index (χ2v) is 5.53. The Balaban J connectivity index is 2.51. The summed E-state index contributed by atoms with van der Waals surface area (Å²) in [4.78, 5) is 11.2. The summed E-state index contributed by atoms with van der Waals surface area (Å²) in [6, 6.07) is 5.11. The number of rotatable bonds is 8. The lowest BCUT2D eigenvalue weighted by Gasteiger charge is -2.25. The Morgan fingerprint density at radius 3 is 2.50 bits per heavy atom. The summed E-state index contributed by atoms with van der Waals surface area (Å²) < 4.78 is 5.50. The summed E-state index contributed by atoms with van der Waals surface area (Å²) in [5, 5.41) is 13.1. The first-order valence-corrected chi connectivity index (χ1v) is 7.21. The molecule has 112 valence electrons. The molecule has 1 unspecified atom stereocenters. The predicted molar refractivity (Wildman–Crippen MR) is 80.9 cm³/mol. The van der Waals surface area contributed by atoms with Crippen molar-refractivity contribution in [3.05, 3.63) is 28.2 Å². The van der Waals surface area contributed by atoms with Gasteiger partial charge in [0.1, 0.15) is 12.1 Å². The van der Waals surface area contributed by atoms with Crippen LogP contribution in [0.4, 0.5) is 0 Å². The van der Waals surface area contributed by atoms with Gasteiger partial charge in [-0.25, -0.2) is 0 Å². The number of hydrogen-bond donors (Lipinski definition) is 2. The lowest BCUT2D eigenvalue weighted by Crippen LogP contribution is -2.50. The minimum Gasteiger partial charge on any atom is -0.489 e. The monoisotopic (exact) mass is 319 g/mol. The minimum absolute atomic E-state index is 0.288. The zero-order valence-corrected chi connectivity index (χ0v) is 13.1. The van der Waals surface area contributed by atoms with Gasteiger partial charge in [-0.1, -0.05) is 42.6 Å². The molecule has 0 spiro atoms. The van der Waals surface area contributed by atoms with E-state index in [4.69, 9.17) is 27.9 Å². The Kier molecular flexibility index (Phi) is 6.59. The Morgan fingerprint density at radius 1 is 1.40 bits per heavy atom. The van der Waals surface area contributed by atoms with Crippen LogP contribution in [0.1, 0.15) is 26.7 Å². The summed E-state index contributed by atoms with van der Waals surface area (Å²) in [6.45, 7) is 4.30. The van der Waals surface area contributed by atoms with Crippen molar-refractivity contribution in [2.45, 2.75) is 32.2 Å². The first-order chi connectivity index (χ1) is 9.40. The van der Waals surface area contributed by atoms with E-state index in [0.29, 0.717) is 28.8 Å². The maximum atomic E-state index is 11.2. The standard InChI is InChI=1S/C14H19Cl2NO3/c1-3-7-14(2,13(18)19)17-8-9-20-12-10(15)5-4-6-11(12)16/h4-6,17H,3,7-9H2,1-2H3,(H,18,19). The molecule has 0 aliphatic carbocycles. The van der Waals surface area contributed by atoms with Crippen LogP contribution >= 0.6 is 23.2 Å². The third kappa shape index (κ3) is 4.54. The smallest absolute Gasteiger partial charge is 0.323 e. The molecule has 6 heteroatoms. The normalized spacial score (nSPS) is 13.8. The highest BCUT2D eigenvalue weighted by Gasteiger charge is 2.31. The second kappa shape index (κ2) is 7.72. The number of nitrogens with one attached hydrogen (secondary N) is 1. The average Bonchev–Trinajstić information content (AvgIpc) is 2.37. The SMILES string of the molecule is CCCC(C)(NCCOc1c(Cl)cccc1Cl)C(=O)O. The van der Waals surface area contributed by atoms with Crippen molar-refractivity contribution in [1.82, 2.24) is 5.32 Å². The number of ether oxygens (including phenoxy) is 1. The molecular formula is C14H19Cl2NO3. The molecule has 0 amide bonds. The fraction of sp³-hybridized carbons (Fsp3) is 0.500. The topological polar surface area (TPSA) is 58.6 Å². The van der Waals surface area contributed by atoms with E-state index in [1.807, 2.05) is 6.92 Å². The summed E-state index contributed by atoms with van der Waals surface area (Å²) in [6.07, 6.45) is 1.34. The average molecular weight is 320 g/mol. The van der Waals surface area contributed by atoms with Crippen molar-refractivity contribution in [2.75, 3.05) is 13.2 Å². The third-order valence-corrected chi connectivity index (χ3v) is 3.60. The van der Waals surface area contributed by atoms with Crippen LogP contribution in [0.2, 0.25) is 10.0 Å². The van der Waals surface area contributed by atoms with Crippen LogP contribution in [-0.4, -0.2) is 29.8 Å². The number of carbonyl (C=O) groups is 1. The van der Waals surface area contributed by atoms with Gasteiger partial charge < -0.3 is 9.84 Å². The van der Waals surface area contributed by atoms with Gasteiger partial charge >= 0.3 is 5.97 Å². The zero-order chi connectivity index (χ0) is 15.2. The van der Waals surface area contributed by atoms with Gasteiger partial charge in [-0.3, -0.25) is 10.1 Å². The molecule has 0 saturated heterocycles. The van der Waals surface area contributed by atoms with Crippen LogP contribution in [0.15, 0.2) is 18.2 Å². The largest absolute Gasteiger partial charge is 0.489 e. The molecule has 4 nitrogen and oxygen atoms in total. The number of benzene rings is 1. The summed E-state index contributed by atoms with van der Waals surface area (Å²) in [7, 11) is 0. The van der Waals surface area contributed by atoms with E-state index in [1.165, 1.54) is 0 Å². The van der Waals surface area contributed by atoms with Gasteiger partial charge in [-0.15, -0.1) is 0 Å². The van der Waals surface area contributed by atoms with E-state index in [0.717, 1.165) is 6.42 Å². The zero-order valence-electron chi connectivity index (χ0n) is 11.6. The quantitative estimate of drug-likeness (QED) is 0.719. The van der Waals surface area contributed by atoms with Crippen molar-refractivity contribution in [2.24, 2.45) is 0 Å². The first kappa shape index (κ1) is 17.1. The molecule has 1 aromatic rings. The molecule has 0 radical (unpaired) electrons. The van der Waals surface area contributed by atoms with Crippen LogP contribution in [0.5, 0.6) is 5.75 Å². The molecular weight excluding hydrogens is 301 g/mol. The van der Waals surface area contributed by atoms with E-state index < -0.39 is 11.5 Å². The number of hydrogen-bond acceptors (Lipinski definition) is 3. The van der Waals surface area contributed by atoms with E-state index >= 15 is 0 Å². The molecule has 20 heavy (non-hydrogen) atoms. The molecule has 0 aromatic heterocycles. The molecule has 1 aromatic carbocycles. The van der Waals surface area contributed by atoms with Crippen LogP contribution in [0.3, 0.4) is 0 Å². The molecule has 0 heterocycles. The first-order valence-electron chi connectivity index (χ1n) is 6.46. The number of aliphatic carboxylic acids is 1. The molecule has 0 fully saturated rings. The van der Waals surface area contributed by atoms with E-state index in [1.54, 1.807) is 25.1 Å². The number of carboxylic acids is 1. The minimum atomic E-state index is -0.942. The van der Waals surface area contributed by atoms with E-state index in [9.17, 15) is 9.90 Å². The highest BCUT2D eigenvalue weighted by molar-refractivity contribution is 6.37. The molecule has 2 N–H and O–H groups in total. The number of para-hydroxylation sites is 1. The van der Waals surface area contributed by atoms with Gasteiger partial charge in [-0.05, 0) is 25.5 Å². The molecule has 1 rings (SSSR count). The highest BCUT2D eigenvalue weighted by Crippen LogP contribution is 2.32. The molecule has 0 bridgehead atoms. The third-order valence-electron chi connectivity index (χ3n) is 3.00. The fourth-order valence-corrected chi connectivity index (χ4v) is 2.38. The lowest BCUT2D eigenvalue weighted by molar-refractivity contribution is -0.144. The molecule has 0 saturated carbocycles. The summed E-state index contributed by atoms with van der Waals surface area (Å²) in [5.74, 6) is -0.444. The van der Waals surface area contributed by atoms with Crippen molar-refractivity contribution in [1.29, 1.82) is 0 Å². The lowest BCUT2D eigenvalue weighted by atomic mass is 9.96. The van der Waals surface area contributed by atoms with E-state index in [2.05, 4.69) is 5.32 Å². The van der Waals surface area contributed by atoms with Crippen LogP contribution in [0.25, 0.3) is 0 Å². The Morgan fingerprint density at radius 2 is 2.00 bits per heavy atom. The summed E-state index contributed by atoms with van der Waals surface area (Å²) in [5.41, 5.74) is -0.942. The van der Waals surface area contributed by atoms with Gasteiger partial charge in [0.25, 0.3) is 0 Å². The maximum absolute atomic E-state index is 11.2. The second-order valence-electron chi connectivity index (χ2n) is 4.71. The maximum Gasteiger partial charge on any atom is 0.323 e. The number of halogens is 2. The van der Waals surface area contributed by atoms with Crippen molar-refractivity contribution < 1.29 is 14.6 Å². The molecule has 1 atom stereocenters. The predicted octanol–water partition coefficient (Wildman–Crippen LogP) is 3.61. The van der Waals surface area contributed by atoms with Gasteiger partial charge in [0.15, 0.2) is 5.75 Å². The van der Waals surface area contributed by atoms with Crippen LogP contribution in [0, 0.1) is 0 Å². The van der Waals surface area contributed by atoms with Crippen molar-refractivity contribution in [3.63, 3.8) is 0 Å². The van der Waals surface area contributed by atoms with Gasteiger partial charge in [0.05, 0.1) is 10.0 Å². The molecule has 0 aliphatic rings. The van der Waals surface area contributed by atoms with Crippen LogP contribution < -0.4 is 10.1 Å². The van der Waals surface area contributed by atoms with E-state index in [-0.39, 0.29) is 6.61 Å². The van der Waals surface area contributed by atoms with Gasteiger partial charge in [-0.2, -0.15) is 0 Å². The Hall–Kier alpha value is -0.970. The molecule has 0 aliphatic heterocycles. The van der Waals surface area contributed by atoms with Crippen molar-refractivity contribution >= 4 is 29.2 Å². The van der Waals surface area contributed by atoms with Gasteiger partial charge in [0, 0.05) is 6.54 Å².